The molecule has 11 nitrogen and oxygen atoms in total. The van der Waals surface area contributed by atoms with E-state index in [0.29, 0.717) is 29.7 Å². The lowest BCUT2D eigenvalue weighted by Crippen LogP contribution is -2.51. The number of nitrogens with zero attached hydrogens (tertiary/aromatic N) is 6. The number of aliphatic hydroxyl groups excluding tert-OH is 1. The predicted molar refractivity (Wildman–Crippen MR) is 148 cm³/mol. The number of ether oxygens (including phenoxy) is 1. The number of aliphatic hydroxyl groups is 2. The van der Waals surface area contributed by atoms with Crippen LogP contribution < -0.4 is 5.73 Å². The Balaban J connectivity index is 1.02. The summed E-state index contributed by atoms with van der Waals surface area (Å²) in [6.45, 7) is 7.13. The Kier molecular flexibility index (Phi) is 6.37. The number of nitrogens with one attached hydrogen (secondary N) is 1. The molecule has 0 radical (unpaired) electrons. The molecule has 3 aromatic heterocycles. The molecular weight excluding hydrogens is 496 g/mol. The maximum Gasteiger partial charge on any atom is 0.197 e. The van der Waals surface area contributed by atoms with Crippen LogP contribution in [0.4, 0.5) is 5.82 Å². The minimum atomic E-state index is -1.68. The Morgan fingerprint density at radius 1 is 1.23 bits per heavy atom. The smallest absolute Gasteiger partial charge is 0.197 e. The number of aromatic amines is 1. The van der Waals surface area contributed by atoms with E-state index in [1.54, 1.807) is 0 Å². The van der Waals surface area contributed by atoms with Gasteiger partial charge in [-0.3, -0.25) is 4.57 Å². The second-order valence-corrected chi connectivity index (χ2v) is 12.4. The Morgan fingerprint density at radius 2 is 2.03 bits per heavy atom. The van der Waals surface area contributed by atoms with E-state index in [9.17, 15) is 10.2 Å². The third kappa shape index (κ3) is 4.67. The zero-order valence-corrected chi connectivity index (χ0v) is 23.0. The summed E-state index contributed by atoms with van der Waals surface area (Å²) in [6.07, 6.45) is 5.29. The van der Waals surface area contributed by atoms with Crippen LogP contribution >= 0.6 is 0 Å². The van der Waals surface area contributed by atoms with E-state index in [-0.39, 0.29) is 17.8 Å². The summed E-state index contributed by atoms with van der Waals surface area (Å²) in [7, 11) is 2.06. The first-order valence-electron chi connectivity index (χ1n) is 13.7. The third-order valence-electron chi connectivity index (χ3n) is 8.60. The highest BCUT2D eigenvalue weighted by atomic mass is 16.5. The largest absolute Gasteiger partial charge is 0.385 e. The number of H-pyrrole nitrogens is 1. The molecule has 3 atom stereocenters. The summed E-state index contributed by atoms with van der Waals surface area (Å²) in [6, 6.07) is 6.93. The zero-order valence-electron chi connectivity index (χ0n) is 23.0. The number of nitrogen functional groups attached to an aromatic ring is 1. The fourth-order valence-electron chi connectivity index (χ4n) is 5.92. The van der Waals surface area contributed by atoms with Crippen LogP contribution in [0, 0.1) is 5.92 Å². The first-order chi connectivity index (χ1) is 18.5. The molecule has 0 spiro atoms. The fourth-order valence-corrected chi connectivity index (χ4v) is 5.92. The van der Waals surface area contributed by atoms with Crippen LogP contribution in [0.15, 0.2) is 30.9 Å². The van der Waals surface area contributed by atoms with Crippen molar-refractivity contribution < 1.29 is 14.9 Å². The average molecular weight is 535 g/mol. The van der Waals surface area contributed by atoms with Gasteiger partial charge in [-0.25, -0.2) is 19.9 Å². The number of aromatic nitrogens is 6. The van der Waals surface area contributed by atoms with E-state index in [1.165, 1.54) is 22.8 Å². The molecule has 208 valence electrons. The van der Waals surface area contributed by atoms with E-state index in [1.807, 2.05) is 0 Å². The number of anilines is 1. The molecule has 5 N–H and O–H groups in total. The maximum atomic E-state index is 11.3. The summed E-state index contributed by atoms with van der Waals surface area (Å²) in [5.41, 5.74) is 8.51. The van der Waals surface area contributed by atoms with Crippen LogP contribution in [0.2, 0.25) is 0 Å². The van der Waals surface area contributed by atoms with E-state index >= 15 is 0 Å². The fraction of sp³-hybridized carbons (Fsp3) is 0.571. The molecule has 0 bridgehead atoms. The average Bonchev–Trinajstić information content (AvgIpc) is 3.55. The van der Waals surface area contributed by atoms with Crippen LogP contribution in [-0.4, -0.2) is 83.0 Å². The number of hydrogen-bond acceptors (Lipinski definition) is 9. The molecule has 1 aliphatic heterocycles. The summed E-state index contributed by atoms with van der Waals surface area (Å²) < 4.78 is 7.32. The lowest BCUT2D eigenvalue weighted by Gasteiger charge is -2.42. The Bertz CT molecular complexity index is 1490. The van der Waals surface area contributed by atoms with E-state index < -0.39 is 17.9 Å². The number of benzene rings is 1. The maximum absolute atomic E-state index is 11.3. The van der Waals surface area contributed by atoms with Crippen molar-refractivity contribution in [2.45, 2.75) is 75.8 Å². The molecule has 6 rings (SSSR count). The van der Waals surface area contributed by atoms with Crippen molar-refractivity contribution in [2.24, 2.45) is 5.92 Å². The molecule has 2 aliphatic rings. The number of fused-ring (bicyclic) bond motifs is 2. The summed E-state index contributed by atoms with van der Waals surface area (Å²) in [4.78, 5) is 22.9. The molecule has 4 heterocycles. The van der Waals surface area contributed by atoms with Gasteiger partial charge in [-0.2, -0.15) is 0 Å². The SMILES string of the molecule is CN(CC1OCC(O)(n2cnc3c(N)ncnc32)C1O)C1CC(CCc2nc3ccc(C(C)(C)C)cc3[nH]2)C1. The van der Waals surface area contributed by atoms with E-state index in [0.717, 1.165) is 42.5 Å². The summed E-state index contributed by atoms with van der Waals surface area (Å²) >= 11 is 0. The molecule has 3 unspecified atom stereocenters. The van der Waals surface area contributed by atoms with Gasteiger partial charge < -0.3 is 30.6 Å². The molecular formula is C28H38N8O3. The minimum absolute atomic E-state index is 0.0654. The lowest BCUT2D eigenvalue weighted by molar-refractivity contribution is -0.109. The summed E-state index contributed by atoms with van der Waals surface area (Å²) in [5.74, 6) is 1.92. The van der Waals surface area contributed by atoms with Gasteiger partial charge in [-0.15, -0.1) is 0 Å². The molecule has 39 heavy (non-hydrogen) atoms. The van der Waals surface area contributed by atoms with Crippen molar-refractivity contribution in [1.82, 2.24) is 34.4 Å². The first-order valence-corrected chi connectivity index (χ1v) is 13.7. The minimum Gasteiger partial charge on any atom is -0.385 e. The van der Waals surface area contributed by atoms with Gasteiger partial charge in [0, 0.05) is 19.0 Å². The second-order valence-electron chi connectivity index (χ2n) is 12.4. The normalized spacial score (nSPS) is 27.6. The highest BCUT2D eigenvalue weighted by molar-refractivity contribution is 5.81. The number of rotatable bonds is 7. The van der Waals surface area contributed by atoms with Crippen molar-refractivity contribution in [3.8, 4) is 0 Å². The van der Waals surface area contributed by atoms with Crippen molar-refractivity contribution in [1.29, 1.82) is 0 Å². The van der Waals surface area contributed by atoms with Crippen molar-refractivity contribution >= 4 is 28.0 Å². The van der Waals surface area contributed by atoms with Gasteiger partial charge >= 0.3 is 0 Å². The van der Waals surface area contributed by atoms with Gasteiger partial charge in [-0.05, 0) is 55.3 Å². The number of imidazole rings is 2. The molecule has 2 fully saturated rings. The number of aryl methyl sites for hydroxylation is 1. The monoisotopic (exact) mass is 534 g/mol. The van der Waals surface area contributed by atoms with Crippen molar-refractivity contribution in [3.63, 3.8) is 0 Å². The van der Waals surface area contributed by atoms with Gasteiger partial charge in [0.15, 0.2) is 17.2 Å². The van der Waals surface area contributed by atoms with E-state index in [4.69, 9.17) is 15.5 Å². The summed E-state index contributed by atoms with van der Waals surface area (Å²) in [5, 5.41) is 22.4. The second kappa shape index (κ2) is 9.51. The number of hydrogen-bond donors (Lipinski definition) is 4. The zero-order chi connectivity index (χ0) is 27.5. The van der Waals surface area contributed by atoms with Gasteiger partial charge in [0.05, 0.1) is 24.0 Å². The van der Waals surface area contributed by atoms with Gasteiger partial charge in [-0.1, -0.05) is 26.8 Å². The first kappa shape index (κ1) is 26.1. The third-order valence-corrected chi connectivity index (χ3v) is 8.60. The molecule has 1 saturated heterocycles. The Hall–Kier alpha value is -3.12. The van der Waals surface area contributed by atoms with Gasteiger partial charge in [0.25, 0.3) is 0 Å². The van der Waals surface area contributed by atoms with Crippen LogP contribution in [-0.2, 0) is 22.3 Å². The Labute approximate surface area is 227 Å². The molecule has 0 amide bonds. The topological polar surface area (TPSA) is 151 Å². The number of likely N-dealkylation sites (N-methyl/N-ethyl adjacent to an activating group) is 1. The standard InChI is InChI=1S/C28H38N8O3/c1-27(2,3)17-6-7-19-20(11-17)34-22(33-19)8-5-16-9-18(10-16)35(4)12-21-24(37)28(38,13-39-21)36-15-32-23-25(29)30-14-31-26(23)36/h6-7,11,14-16,18,21,24,37-38H,5,8-10,12-13H2,1-4H3,(H,33,34)(H2,29,30,31). The highest BCUT2D eigenvalue weighted by Gasteiger charge is 2.51. The van der Waals surface area contributed by atoms with Crippen molar-refractivity contribution in [3.05, 3.63) is 42.2 Å². The van der Waals surface area contributed by atoms with Gasteiger partial charge in [0.1, 0.15) is 29.9 Å². The van der Waals surface area contributed by atoms with Gasteiger partial charge in [0.2, 0.25) is 0 Å². The lowest BCUT2D eigenvalue weighted by atomic mass is 9.76. The Morgan fingerprint density at radius 3 is 2.79 bits per heavy atom. The van der Waals surface area contributed by atoms with E-state index in [2.05, 4.69) is 70.9 Å². The molecule has 4 aromatic rings. The van der Waals surface area contributed by atoms with Crippen molar-refractivity contribution in [2.75, 3.05) is 25.9 Å². The molecule has 1 aromatic carbocycles. The van der Waals surface area contributed by atoms with Crippen LogP contribution in [0.1, 0.15) is 51.4 Å². The van der Waals surface area contributed by atoms with Crippen LogP contribution in [0.5, 0.6) is 0 Å². The molecule has 1 aliphatic carbocycles. The molecule has 1 saturated carbocycles. The predicted octanol–water partition coefficient (Wildman–Crippen LogP) is 2.33. The highest BCUT2D eigenvalue weighted by Crippen LogP contribution is 2.37. The molecule has 11 heteroatoms. The quantitative estimate of drug-likeness (QED) is 0.280. The van der Waals surface area contributed by atoms with Crippen LogP contribution in [0.25, 0.3) is 22.2 Å². The van der Waals surface area contributed by atoms with Crippen LogP contribution in [0.3, 0.4) is 0 Å². The number of nitrogens with two attached hydrogens (primary N) is 1.